The van der Waals surface area contributed by atoms with E-state index in [1.807, 2.05) is 41.1 Å². The maximum absolute atomic E-state index is 14.6. The third-order valence-electron chi connectivity index (χ3n) is 4.88. The third-order valence-corrected chi connectivity index (χ3v) is 4.88. The van der Waals surface area contributed by atoms with E-state index in [2.05, 4.69) is 0 Å². The van der Waals surface area contributed by atoms with Crippen LogP contribution >= 0.6 is 0 Å². The van der Waals surface area contributed by atoms with Crippen LogP contribution in [0.4, 0.5) is 4.39 Å². The molecule has 7 nitrogen and oxygen atoms in total. The van der Waals surface area contributed by atoms with E-state index in [9.17, 15) is 24.8 Å². The van der Waals surface area contributed by atoms with Crippen LogP contribution in [0.5, 0.6) is 5.75 Å². The molecule has 5 atom stereocenters. The minimum atomic E-state index is -1.61. The minimum Gasteiger partial charge on any atom is -0.459 e. The van der Waals surface area contributed by atoms with Crippen LogP contribution in [0, 0.1) is 5.82 Å². The Morgan fingerprint density at radius 2 is 1.79 bits per heavy atom. The molecule has 0 bridgehead atoms. The maximum atomic E-state index is 14.6. The van der Waals surface area contributed by atoms with Gasteiger partial charge in [0.25, 0.3) is 0 Å². The predicted octanol–water partition coefficient (Wildman–Crippen LogP) is 0.948. The quantitative estimate of drug-likeness (QED) is 0.530. The molecule has 1 aliphatic rings. The first-order valence-corrected chi connectivity index (χ1v) is 8.83. The second kappa shape index (κ2) is 7.50. The van der Waals surface area contributed by atoms with Crippen molar-refractivity contribution in [3.05, 3.63) is 60.5 Å². The second-order valence-electron chi connectivity index (χ2n) is 6.67. The van der Waals surface area contributed by atoms with Crippen molar-refractivity contribution in [2.75, 3.05) is 6.61 Å². The summed E-state index contributed by atoms with van der Waals surface area (Å²) in [5.41, 5.74) is 1.50. The number of hydrogen-bond donors (Lipinski definition) is 4. The van der Waals surface area contributed by atoms with Gasteiger partial charge in [0.15, 0.2) is 11.6 Å². The fourth-order valence-electron chi connectivity index (χ4n) is 3.33. The third kappa shape index (κ3) is 3.25. The fourth-order valence-corrected chi connectivity index (χ4v) is 3.33. The van der Waals surface area contributed by atoms with Gasteiger partial charge in [0.2, 0.25) is 6.29 Å². The topological polar surface area (TPSA) is 104 Å². The zero-order valence-electron chi connectivity index (χ0n) is 14.7. The number of aromatic nitrogens is 1. The second-order valence-corrected chi connectivity index (χ2v) is 6.67. The van der Waals surface area contributed by atoms with Gasteiger partial charge in [0.1, 0.15) is 24.4 Å². The fraction of sp³-hybridized carbons (Fsp3) is 0.300. The molecule has 1 aliphatic heterocycles. The van der Waals surface area contributed by atoms with E-state index in [1.165, 1.54) is 12.1 Å². The van der Waals surface area contributed by atoms with Gasteiger partial charge in [0.05, 0.1) is 12.1 Å². The van der Waals surface area contributed by atoms with Crippen molar-refractivity contribution in [1.82, 2.24) is 4.57 Å². The molecule has 28 heavy (non-hydrogen) atoms. The molecule has 2 aromatic carbocycles. The Bertz CT molecular complexity index is 974. The zero-order valence-corrected chi connectivity index (χ0v) is 14.7. The number of halogens is 1. The van der Waals surface area contributed by atoms with Crippen LogP contribution in [-0.2, 0) is 4.74 Å². The Hall–Kier alpha value is -2.49. The first kappa shape index (κ1) is 18.9. The van der Waals surface area contributed by atoms with Crippen LogP contribution in [0.15, 0.2) is 54.7 Å². The van der Waals surface area contributed by atoms with Gasteiger partial charge in [-0.15, -0.1) is 0 Å². The highest BCUT2D eigenvalue weighted by Gasteiger charge is 2.44. The lowest BCUT2D eigenvalue weighted by Crippen LogP contribution is -2.60. The van der Waals surface area contributed by atoms with Crippen LogP contribution in [-0.4, -0.2) is 62.3 Å². The van der Waals surface area contributed by atoms with E-state index in [-0.39, 0.29) is 5.75 Å². The minimum absolute atomic E-state index is 0.190. The summed E-state index contributed by atoms with van der Waals surface area (Å²) in [7, 11) is 0. The summed E-state index contributed by atoms with van der Waals surface area (Å²) in [6, 6.07) is 13.9. The van der Waals surface area contributed by atoms with Crippen LogP contribution in [0.1, 0.15) is 0 Å². The largest absolute Gasteiger partial charge is 0.459 e. The number of aliphatic hydroxyl groups is 4. The van der Waals surface area contributed by atoms with Gasteiger partial charge in [-0.1, -0.05) is 18.2 Å². The van der Waals surface area contributed by atoms with Crippen molar-refractivity contribution >= 4 is 10.9 Å². The van der Waals surface area contributed by atoms with Gasteiger partial charge >= 0.3 is 0 Å². The monoisotopic (exact) mass is 389 g/mol. The summed E-state index contributed by atoms with van der Waals surface area (Å²) < 4.78 is 27.1. The number of ether oxygens (including phenoxy) is 2. The summed E-state index contributed by atoms with van der Waals surface area (Å²) in [5.74, 6) is -0.878. The average molecular weight is 389 g/mol. The molecule has 2 heterocycles. The van der Waals surface area contributed by atoms with Crippen molar-refractivity contribution < 1.29 is 34.3 Å². The molecule has 0 radical (unpaired) electrons. The highest BCUT2D eigenvalue weighted by atomic mass is 19.1. The normalized spacial score (nSPS) is 27.8. The Labute approximate surface area is 159 Å². The highest BCUT2D eigenvalue weighted by molar-refractivity contribution is 5.81. The zero-order chi connectivity index (χ0) is 19.8. The van der Waals surface area contributed by atoms with Gasteiger partial charge < -0.3 is 34.5 Å². The molecule has 0 spiro atoms. The number of rotatable bonds is 4. The molecule has 1 saturated heterocycles. The summed E-state index contributed by atoms with van der Waals surface area (Å²) >= 11 is 0. The molecule has 8 heteroatoms. The molecule has 3 aromatic rings. The first-order valence-electron chi connectivity index (χ1n) is 8.83. The van der Waals surface area contributed by atoms with Gasteiger partial charge in [0, 0.05) is 18.0 Å². The van der Waals surface area contributed by atoms with Crippen LogP contribution in [0.3, 0.4) is 0 Å². The molecule has 1 aromatic heterocycles. The summed E-state index contributed by atoms with van der Waals surface area (Å²) in [6.07, 6.45) is -5.44. The number of nitrogens with zero attached hydrogens (tertiary/aromatic N) is 1. The number of aliphatic hydroxyl groups excluding tert-OH is 4. The Morgan fingerprint density at radius 1 is 1.00 bits per heavy atom. The Balaban J connectivity index is 1.58. The van der Waals surface area contributed by atoms with Gasteiger partial charge in [-0.3, -0.25) is 0 Å². The molecule has 0 saturated carbocycles. The van der Waals surface area contributed by atoms with Crippen molar-refractivity contribution in [1.29, 1.82) is 0 Å². The molecular weight excluding hydrogens is 369 g/mol. The van der Waals surface area contributed by atoms with Gasteiger partial charge in [-0.05, 0) is 29.7 Å². The summed E-state index contributed by atoms with van der Waals surface area (Å²) in [5, 5.41) is 39.9. The van der Waals surface area contributed by atoms with Crippen LogP contribution < -0.4 is 4.74 Å². The summed E-state index contributed by atoms with van der Waals surface area (Å²) in [4.78, 5) is 0. The number of fused-ring (bicyclic) bond motifs is 1. The van der Waals surface area contributed by atoms with E-state index in [0.29, 0.717) is 5.69 Å². The SMILES string of the molecule is OCC1O[C@H](Oc2ccc(-n3ccc4ccccc43)cc2F)C(O)[C@@H](O)[C@@H]1O. The molecule has 0 aliphatic carbocycles. The Kier molecular flexibility index (Phi) is 5.05. The predicted molar refractivity (Wildman–Crippen MR) is 97.6 cm³/mol. The molecular formula is C20H20FNO6. The van der Waals surface area contributed by atoms with Crippen LogP contribution in [0.25, 0.3) is 16.6 Å². The van der Waals surface area contributed by atoms with Crippen molar-refractivity contribution in [2.45, 2.75) is 30.7 Å². The lowest BCUT2D eigenvalue weighted by atomic mass is 9.99. The average Bonchev–Trinajstić information content (AvgIpc) is 3.14. The van der Waals surface area contributed by atoms with E-state index >= 15 is 0 Å². The lowest BCUT2D eigenvalue weighted by molar-refractivity contribution is -0.277. The lowest BCUT2D eigenvalue weighted by Gasteiger charge is -2.39. The highest BCUT2D eigenvalue weighted by Crippen LogP contribution is 2.28. The molecule has 1 fully saturated rings. The van der Waals surface area contributed by atoms with E-state index in [0.717, 1.165) is 10.9 Å². The summed E-state index contributed by atoms with van der Waals surface area (Å²) in [6.45, 7) is -0.590. The Morgan fingerprint density at radius 3 is 2.54 bits per heavy atom. The van der Waals surface area contributed by atoms with E-state index in [1.54, 1.807) is 6.07 Å². The van der Waals surface area contributed by atoms with Crippen molar-refractivity contribution in [3.63, 3.8) is 0 Å². The number of para-hydroxylation sites is 1. The van der Waals surface area contributed by atoms with Gasteiger partial charge in [-0.25, -0.2) is 4.39 Å². The van der Waals surface area contributed by atoms with Crippen molar-refractivity contribution in [3.8, 4) is 11.4 Å². The molecule has 4 N–H and O–H groups in total. The standard InChI is InChI=1S/C20H20FNO6/c21-13-9-12(22-8-7-11-3-1-2-4-14(11)22)5-6-15(13)27-20-19(26)18(25)17(24)16(10-23)28-20/h1-9,16-20,23-26H,10H2/t16?,17-,18+,19?,20+/m1/s1. The number of benzene rings is 2. The van der Waals surface area contributed by atoms with E-state index < -0.39 is 43.1 Å². The first-order chi connectivity index (χ1) is 13.5. The molecule has 0 amide bonds. The maximum Gasteiger partial charge on any atom is 0.229 e. The van der Waals surface area contributed by atoms with Crippen LogP contribution in [0.2, 0.25) is 0 Å². The molecule has 4 rings (SSSR count). The molecule has 2 unspecified atom stereocenters. The van der Waals surface area contributed by atoms with Crippen molar-refractivity contribution in [2.24, 2.45) is 0 Å². The number of hydrogen-bond acceptors (Lipinski definition) is 6. The van der Waals surface area contributed by atoms with E-state index in [4.69, 9.17) is 9.47 Å². The smallest absolute Gasteiger partial charge is 0.229 e. The van der Waals surface area contributed by atoms with Gasteiger partial charge in [-0.2, -0.15) is 0 Å². The molecule has 148 valence electrons.